The number of furan rings is 1. The van der Waals surface area contributed by atoms with Gasteiger partial charge in [-0.25, -0.2) is 0 Å². The third-order valence-electron chi connectivity index (χ3n) is 4.35. The molecule has 1 aliphatic heterocycles. The molecule has 0 unspecified atom stereocenters. The Morgan fingerprint density at radius 3 is 2.56 bits per heavy atom. The van der Waals surface area contributed by atoms with Gasteiger partial charge in [0.15, 0.2) is 5.76 Å². The number of carbonyl (C=O) groups is 2. The summed E-state index contributed by atoms with van der Waals surface area (Å²) in [6.07, 6.45) is 7.02. The lowest BCUT2D eigenvalue weighted by atomic mass is 9.98. The molecule has 0 aliphatic carbocycles. The third kappa shape index (κ3) is 5.30. The number of hydrogen-bond acceptors (Lipinski definition) is 5. The topological polar surface area (TPSA) is 106 Å². The van der Waals surface area contributed by atoms with E-state index in [-0.39, 0.29) is 17.6 Å². The third-order valence-corrected chi connectivity index (χ3v) is 4.35. The molecule has 2 rings (SSSR count). The van der Waals surface area contributed by atoms with E-state index < -0.39 is 16.7 Å². The van der Waals surface area contributed by atoms with E-state index in [2.05, 4.69) is 12.2 Å². The number of amides is 2. The van der Waals surface area contributed by atoms with Crippen molar-refractivity contribution < 1.29 is 18.9 Å². The molecule has 0 spiro atoms. The predicted octanol–water partition coefficient (Wildman–Crippen LogP) is 2.74. The van der Waals surface area contributed by atoms with Crippen LogP contribution in [0.1, 0.15) is 56.0 Å². The van der Waals surface area contributed by atoms with E-state index in [1.807, 2.05) is 0 Å². The number of rotatable bonds is 10. The lowest BCUT2D eigenvalue weighted by Crippen LogP contribution is -2.55. The van der Waals surface area contributed by atoms with Crippen LogP contribution in [-0.4, -0.2) is 41.3 Å². The first-order valence-corrected chi connectivity index (χ1v) is 8.84. The van der Waals surface area contributed by atoms with Gasteiger partial charge >= 0.3 is 5.88 Å². The van der Waals surface area contributed by atoms with Gasteiger partial charge in [-0.3, -0.25) is 19.7 Å². The first kappa shape index (κ1) is 19.0. The molecule has 0 bridgehead atoms. The van der Waals surface area contributed by atoms with E-state index in [1.54, 1.807) is 0 Å². The molecule has 1 aromatic heterocycles. The highest BCUT2D eigenvalue weighted by atomic mass is 16.6. The van der Waals surface area contributed by atoms with Crippen molar-refractivity contribution in [2.45, 2.75) is 45.4 Å². The van der Waals surface area contributed by atoms with Gasteiger partial charge < -0.3 is 14.6 Å². The molecule has 8 nitrogen and oxygen atoms in total. The van der Waals surface area contributed by atoms with Crippen molar-refractivity contribution in [1.29, 1.82) is 0 Å². The SMILES string of the molecule is CCCCCCCCNC(=O)C1CN(C(=O)c2ccc([N+](=O)[O-])o2)C1. The number of nitrogens with one attached hydrogen (secondary N) is 1. The smallest absolute Gasteiger partial charge is 0.395 e. The minimum atomic E-state index is -0.689. The lowest BCUT2D eigenvalue weighted by molar-refractivity contribution is -0.402. The highest BCUT2D eigenvalue weighted by Crippen LogP contribution is 2.22. The molecule has 0 atom stereocenters. The summed E-state index contributed by atoms with van der Waals surface area (Å²) in [5.41, 5.74) is 0. The van der Waals surface area contributed by atoms with Crippen molar-refractivity contribution in [1.82, 2.24) is 10.2 Å². The Morgan fingerprint density at radius 2 is 1.92 bits per heavy atom. The minimum absolute atomic E-state index is 0.0389. The van der Waals surface area contributed by atoms with Crippen LogP contribution >= 0.6 is 0 Å². The standard InChI is InChI=1S/C17H25N3O5/c1-2-3-4-5-6-7-10-18-16(21)13-11-19(12-13)17(22)14-8-9-15(25-14)20(23)24/h8-9,13H,2-7,10-12H2,1H3,(H,18,21). The number of nitrogens with zero attached hydrogens (tertiary/aromatic N) is 2. The molecule has 2 amide bonds. The van der Waals surface area contributed by atoms with Crippen molar-refractivity contribution in [3.05, 3.63) is 28.0 Å². The zero-order valence-electron chi connectivity index (χ0n) is 14.5. The zero-order valence-corrected chi connectivity index (χ0v) is 14.5. The van der Waals surface area contributed by atoms with Crippen molar-refractivity contribution in [2.24, 2.45) is 5.92 Å². The first-order chi connectivity index (χ1) is 12.0. The van der Waals surface area contributed by atoms with Crippen LogP contribution in [-0.2, 0) is 4.79 Å². The summed E-state index contributed by atoms with van der Waals surface area (Å²) < 4.78 is 4.89. The van der Waals surface area contributed by atoms with Crippen LogP contribution in [0.3, 0.4) is 0 Å². The molecule has 1 saturated heterocycles. The quantitative estimate of drug-likeness (QED) is 0.396. The molecule has 1 N–H and O–H groups in total. The number of likely N-dealkylation sites (tertiary alicyclic amines) is 1. The Labute approximate surface area is 146 Å². The van der Waals surface area contributed by atoms with Crippen LogP contribution in [0.4, 0.5) is 5.88 Å². The van der Waals surface area contributed by atoms with Crippen molar-refractivity contribution in [2.75, 3.05) is 19.6 Å². The lowest BCUT2D eigenvalue weighted by Gasteiger charge is -2.37. The van der Waals surface area contributed by atoms with Gasteiger partial charge in [0, 0.05) is 19.6 Å². The number of nitro groups is 1. The minimum Gasteiger partial charge on any atom is -0.395 e. The Hall–Kier alpha value is -2.38. The maximum Gasteiger partial charge on any atom is 0.433 e. The second-order valence-corrected chi connectivity index (χ2v) is 6.36. The van der Waals surface area contributed by atoms with Gasteiger partial charge in [-0.2, -0.15) is 0 Å². The molecule has 2 heterocycles. The van der Waals surface area contributed by atoms with Crippen LogP contribution in [0.25, 0.3) is 0 Å². The number of unbranched alkanes of at least 4 members (excludes halogenated alkanes) is 5. The fourth-order valence-electron chi connectivity index (χ4n) is 2.77. The normalized spacial score (nSPS) is 14.2. The summed E-state index contributed by atoms with van der Waals surface area (Å²) in [5.74, 6) is -1.21. The predicted molar refractivity (Wildman–Crippen MR) is 91.1 cm³/mol. The van der Waals surface area contributed by atoms with E-state index in [0.29, 0.717) is 19.6 Å². The average molecular weight is 351 g/mol. The van der Waals surface area contributed by atoms with Gasteiger partial charge in [-0.1, -0.05) is 39.0 Å². The molecule has 138 valence electrons. The molecule has 1 fully saturated rings. The number of carbonyl (C=O) groups excluding carboxylic acids is 2. The van der Waals surface area contributed by atoms with E-state index in [1.165, 1.54) is 36.6 Å². The second-order valence-electron chi connectivity index (χ2n) is 6.36. The molecule has 25 heavy (non-hydrogen) atoms. The summed E-state index contributed by atoms with van der Waals surface area (Å²) in [6, 6.07) is 2.43. The van der Waals surface area contributed by atoms with Gasteiger partial charge in [0.05, 0.1) is 12.0 Å². The average Bonchev–Trinajstić information content (AvgIpc) is 3.02. The van der Waals surface area contributed by atoms with E-state index in [4.69, 9.17) is 4.42 Å². The summed E-state index contributed by atoms with van der Waals surface area (Å²) in [4.78, 5) is 35.4. The Balaban J connectivity index is 1.63. The van der Waals surface area contributed by atoms with Gasteiger partial charge in [0.2, 0.25) is 5.91 Å². The molecule has 0 radical (unpaired) electrons. The monoisotopic (exact) mass is 351 g/mol. The maximum atomic E-state index is 12.1. The second kappa shape index (κ2) is 9.19. The fraction of sp³-hybridized carbons (Fsp3) is 0.647. The fourth-order valence-corrected chi connectivity index (χ4v) is 2.77. The molecule has 1 aliphatic rings. The van der Waals surface area contributed by atoms with Gasteiger partial charge in [0.1, 0.15) is 4.92 Å². The summed E-state index contributed by atoms with van der Waals surface area (Å²) in [5, 5.41) is 13.5. The van der Waals surface area contributed by atoms with Crippen LogP contribution in [0.15, 0.2) is 16.5 Å². The van der Waals surface area contributed by atoms with E-state index >= 15 is 0 Å². The van der Waals surface area contributed by atoms with Crippen molar-refractivity contribution in [3.8, 4) is 0 Å². The first-order valence-electron chi connectivity index (χ1n) is 8.84. The van der Waals surface area contributed by atoms with E-state index in [9.17, 15) is 19.7 Å². The Morgan fingerprint density at radius 1 is 1.24 bits per heavy atom. The molecule has 8 heteroatoms. The van der Waals surface area contributed by atoms with Gasteiger partial charge in [0.25, 0.3) is 5.91 Å². The van der Waals surface area contributed by atoms with Crippen LogP contribution < -0.4 is 5.32 Å². The summed E-state index contributed by atoms with van der Waals surface area (Å²) in [7, 11) is 0. The van der Waals surface area contributed by atoms with Crippen molar-refractivity contribution in [3.63, 3.8) is 0 Å². The Kier molecular flexibility index (Phi) is 6.97. The number of hydrogen-bond donors (Lipinski definition) is 1. The Bertz CT molecular complexity index is 607. The maximum absolute atomic E-state index is 12.1. The molecular formula is C17H25N3O5. The summed E-state index contributed by atoms with van der Waals surface area (Å²) >= 11 is 0. The van der Waals surface area contributed by atoms with Gasteiger partial charge in [-0.15, -0.1) is 0 Å². The van der Waals surface area contributed by atoms with Crippen LogP contribution in [0.2, 0.25) is 0 Å². The van der Waals surface area contributed by atoms with Crippen molar-refractivity contribution >= 4 is 17.7 Å². The highest BCUT2D eigenvalue weighted by molar-refractivity contribution is 5.94. The van der Waals surface area contributed by atoms with Gasteiger partial charge in [-0.05, 0) is 12.5 Å². The molecule has 0 aromatic carbocycles. The zero-order chi connectivity index (χ0) is 18.2. The van der Waals surface area contributed by atoms with E-state index in [0.717, 1.165) is 18.9 Å². The molecule has 1 aromatic rings. The molecule has 0 saturated carbocycles. The largest absolute Gasteiger partial charge is 0.433 e. The van der Waals surface area contributed by atoms with Crippen LogP contribution in [0, 0.1) is 16.0 Å². The van der Waals surface area contributed by atoms with Crippen LogP contribution in [0.5, 0.6) is 0 Å². The summed E-state index contributed by atoms with van der Waals surface area (Å²) in [6.45, 7) is 3.48. The highest BCUT2D eigenvalue weighted by Gasteiger charge is 2.37. The molecular weight excluding hydrogens is 326 g/mol.